The van der Waals surface area contributed by atoms with E-state index in [1.165, 1.54) is 0 Å². The molecule has 2 amide bonds. The van der Waals surface area contributed by atoms with Gasteiger partial charge in [0, 0.05) is 35.3 Å². The first-order valence-electron chi connectivity index (χ1n) is 8.74. The molecule has 0 unspecified atom stereocenters. The molecule has 136 valence electrons. The molecule has 25 heavy (non-hydrogen) atoms. The van der Waals surface area contributed by atoms with Crippen LogP contribution in [0.25, 0.3) is 0 Å². The zero-order chi connectivity index (χ0) is 18.2. The second kappa shape index (κ2) is 6.61. The average molecular weight is 364 g/mol. The van der Waals surface area contributed by atoms with Gasteiger partial charge in [-0.3, -0.25) is 14.5 Å². The molecule has 1 saturated heterocycles. The van der Waals surface area contributed by atoms with Crippen LogP contribution in [0, 0.1) is 11.3 Å². The summed E-state index contributed by atoms with van der Waals surface area (Å²) in [7, 11) is 0. The SMILES string of the molecule is CC(C)(C)NC(=O)CN1CC2(CC(C(=O)Nc3cccc(Cl)c3)C2)C1. The Bertz CT molecular complexity index is 669. The Morgan fingerprint density at radius 1 is 1.28 bits per heavy atom. The summed E-state index contributed by atoms with van der Waals surface area (Å²) >= 11 is 5.94. The maximum atomic E-state index is 12.3. The molecule has 0 atom stereocenters. The fraction of sp³-hybridized carbons (Fsp3) is 0.579. The number of likely N-dealkylation sites (tertiary alicyclic amines) is 1. The Kier molecular flexibility index (Phi) is 4.82. The molecule has 1 aromatic rings. The predicted octanol–water partition coefficient (Wildman–Crippen LogP) is 2.91. The van der Waals surface area contributed by atoms with E-state index >= 15 is 0 Å². The third-order valence-electron chi connectivity index (χ3n) is 4.82. The summed E-state index contributed by atoms with van der Waals surface area (Å²) in [5, 5.41) is 6.54. The lowest BCUT2D eigenvalue weighted by atomic mass is 9.57. The lowest BCUT2D eigenvalue weighted by molar-refractivity contribution is -0.144. The van der Waals surface area contributed by atoms with E-state index in [9.17, 15) is 9.59 Å². The van der Waals surface area contributed by atoms with Gasteiger partial charge in [0.05, 0.1) is 6.54 Å². The smallest absolute Gasteiger partial charge is 0.234 e. The summed E-state index contributed by atoms with van der Waals surface area (Å²) in [4.78, 5) is 26.4. The molecular formula is C19H26ClN3O2. The number of hydrogen-bond donors (Lipinski definition) is 2. The number of carbonyl (C=O) groups excluding carboxylic acids is 2. The summed E-state index contributed by atoms with van der Waals surface area (Å²) in [6.07, 6.45) is 1.80. The summed E-state index contributed by atoms with van der Waals surface area (Å²) in [5.74, 6) is 0.193. The molecule has 2 aliphatic rings. The van der Waals surface area contributed by atoms with Crippen molar-refractivity contribution in [2.45, 2.75) is 39.2 Å². The lowest BCUT2D eigenvalue weighted by Crippen LogP contribution is -2.65. The second-order valence-corrected chi connectivity index (χ2v) is 8.98. The average Bonchev–Trinajstić information content (AvgIpc) is 2.37. The van der Waals surface area contributed by atoms with Crippen molar-refractivity contribution in [1.82, 2.24) is 10.2 Å². The second-order valence-electron chi connectivity index (χ2n) is 8.55. The molecule has 1 aliphatic heterocycles. The Labute approximate surface area is 154 Å². The summed E-state index contributed by atoms with van der Waals surface area (Å²) < 4.78 is 0. The van der Waals surface area contributed by atoms with Crippen molar-refractivity contribution in [2.24, 2.45) is 11.3 Å². The van der Waals surface area contributed by atoms with Gasteiger partial charge in [-0.15, -0.1) is 0 Å². The number of nitrogens with zero attached hydrogens (tertiary/aromatic N) is 1. The third kappa shape index (κ3) is 4.53. The van der Waals surface area contributed by atoms with Crippen molar-refractivity contribution in [3.05, 3.63) is 29.3 Å². The number of anilines is 1. The fourth-order valence-corrected chi connectivity index (χ4v) is 4.11. The monoisotopic (exact) mass is 363 g/mol. The van der Waals surface area contributed by atoms with Crippen molar-refractivity contribution >= 4 is 29.1 Å². The first kappa shape index (κ1) is 18.2. The van der Waals surface area contributed by atoms with Gasteiger partial charge in [0.2, 0.25) is 11.8 Å². The Balaban J connectivity index is 1.40. The van der Waals surface area contributed by atoms with Crippen molar-refractivity contribution in [3.8, 4) is 0 Å². The van der Waals surface area contributed by atoms with Gasteiger partial charge in [-0.25, -0.2) is 0 Å². The van der Waals surface area contributed by atoms with Crippen LogP contribution >= 0.6 is 11.6 Å². The van der Waals surface area contributed by atoms with E-state index in [0.717, 1.165) is 31.6 Å². The zero-order valence-corrected chi connectivity index (χ0v) is 15.8. The van der Waals surface area contributed by atoms with Crippen molar-refractivity contribution in [3.63, 3.8) is 0 Å². The van der Waals surface area contributed by atoms with Gasteiger partial charge in [-0.2, -0.15) is 0 Å². The summed E-state index contributed by atoms with van der Waals surface area (Å²) in [6.45, 7) is 8.21. The number of rotatable bonds is 4. The van der Waals surface area contributed by atoms with Gasteiger partial charge in [0.15, 0.2) is 0 Å². The van der Waals surface area contributed by atoms with Crippen LogP contribution in [0.5, 0.6) is 0 Å². The van der Waals surface area contributed by atoms with Crippen LogP contribution in [0.15, 0.2) is 24.3 Å². The van der Waals surface area contributed by atoms with Gasteiger partial charge in [-0.1, -0.05) is 17.7 Å². The molecule has 1 heterocycles. The standard InChI is InChI=1S/C19H26ClN3O2/c1-18(2,3)22-16(24)10-23-11-19(12-23)8-13(9-19)17(25)21-15-6-4-5-14(20)7-15/h4-7,13H,8-12H2,1-3H3,(H,21,25)(H,22,24). The van der Waals surface area contributed by atoms with Crippen molar-refractivity contribution in [1.29, 1.82) is 0 Å². The van der Waals surface area contributed by atoms with E-state index in [0.29, 0.717) is 11.6 Å². The van der Waals surface area contributed by atoms with E-state index in [-0.39, 0.29) is 28.7 Å². The Morgan fingerprint density at radius 2 is 1.96 bits per heavy atom. The summed E-state index contributed by atoms with van der Waals surface area (Å²) in [5.41, 5.74) is 0.783. The van der Waals surface area contributed by atoms with Crippen LogP contribution in [0.2, 0.25) is 5.02 Å². The van der Waals surface area contributed by atoms with Crippen LogP contribution < -0.4 is 10.6 Å². The van der Waals surface area contributed by atoms with E-state index in [1.54, 1.807) is 12.1 Å². The number of nitrogens with one attached hydrogen (secondary N) is 2. The normalized spacial score (nSPS) is 19.8. The molecule has 1 spiro atoms. The lowest BCUT2D eigenvalue weighted by Gasteiger charge is -2.58. The minimum absolute atomic E-state index is 0.0598. The van der Waals surface area contributed by atoms with Gasteiger partial charge < -0.3 is 10.6 Å². The molecule has 1 aliphatic carbocycles. The number of halogens is 1. The van der Waals surface area contributed by atoms with E-state index < -0.39 is 0 Å². The van der Waals surface area contributed by atoms with Crippen LogP contribution in [-0.2, 0) is 9.59 Å². The molecular weight excluding hydrogens is 338 g/mol. The molecule has 1 saturated carbocycles. The van der Waals surface area contributed by atoms with E-state index in [4.69, 9.17) is 11.6 Å². The highest BCUT2D eigenvalue weighted by Gasteiger charge is 2.54. The molecule has 0 aromatic heterocycles. The Morgan fingerprint density at radius 3 is 2.56 bits per heavy atom. The van der Waals surface area contributed by atoms with Crippen LogP contribution in [0.1, 0.15) is 33.6 Å². The molecule has 5 nitrogen and oxygen atoms in total. The quantitative estimate of drug-likeness (QED) is 0.864. The molecule has 6 heteroatoms. The Hall–Kier alpha value is -1.59. The van der Waals surface area contributed by atoms with Gasteiger partial charge >= 0.3 is 0 Å². The third-order valence-corrected chi connectivity index (χ3v) is 5.06. The molecule has 0 radical (unpaired) electrons. The minimum atomic E-state index is -0.195. The maximum Gasteiger partial charge on any atom is 0.234 e. The summed E-state index contributed by atoms with van der Waals surface area (Å²) in [6, 6.07) is 7.21. The minimum Gasteiger partial charge on any atom is -0.350 e. The fourth-order valence-electron chi connectivity index (χ4n) is 3.91. The molecule has 2 N–H and O–H groups in total. The van der Waals surface area contributed by atoms with Crippen LogP contribution in [0.3, 0.4) is 0 Å². The topological polar surface area (TPSA) is 61.4 Å². The highest BCUT2D eigenvalue weighted by Crippen LogP contribution is 2.52. The van der Waals surface area contributed by atoms with Gasteiger partial charge in [-0.05, 0) is 57.2 Å². The van der Waals surface area contributed by atoms with Gasteiger partial charge in [0.25, 0.3) is 0 Å². The number of benzene rings is 1. The largest absolute Gasteiger partial charge is 0.350 e. The van der Waals surface area contributed by atoms with E-state index in [1.807, 2.05) is 32.9 Å². The number of amides is 2. The number of carbonyl (C=O) groups is 2. The van der Waals surface area contributed by atoms with E-state index in [2.05, 4.69) is 15.5 Å². The van der Waals surface area contributed by atoms with Crippen molar-refractivity contribution in [2.75, 3.05) is 25.0 Å². The van der Waals surface area contributed by atoms with Gasteiger partial charge in [0.1, 0.15) is 0 Å². The predicted molar refractivity (Wildman–Crippen MR) is 99.6 cm³/mol. The zero-order valence-electron chi connectivity index (χ0n) is 15.1. The molecule has 0 bridgehead atoms. The molecule has 3 rings (SSSR count). The van der Waals surface area contributed by atoms with Crippen molar-refractivity contribution < 1.29 is 9.59 Å². The van der Waals surface area contributed by atoms with Crippen LogP contribution in [-0.4, -0.2) is 41.9 Å². The first-order valence-corrected chi connectivity index (χ1v) is 9.12. The first-order chi connectivity index (χ1) is 11.6. The molecule has 1 aromatic carbocycles. The highest BCUT2D eigenvalue weighted by atomic mass is 35.5. The molecule has 2 fully saturated rings. The number of hydrogen-bond acceptors (Lipinski definition) is 3. The highest BCUT2D eigenvalue weighted by molar-refractivity contribution is 6.30. The van der Waals surface area contributed by atoms with Crippen LogP contribution in [0.4, 0.5) is 5.69 Å². The maximum absolute atomic E-state index is 12.3.